The standard InChI is InChI=1S/C13H12F3IO7S/c1-7(17)11(18)23-9-4-2-8(3-5-9)12(19)24-10(13(14,15)16)6-25(20,21)22/h2-5,7,10H,6H2,1H3,(H,20,21,22). The Morgan fingerprint density at radius 3 is 2.16 bits per heavy atom. The third kappa shape index (κ3) is 7.56. The van der Waals surface area contributed by atoms with Crippen molar-refractivity contribution in [3.8, 4) is 5.75 Å². The van der Waals surface area contributed by atoms with Crippen molar-refractivity contribution in [3.05, 3.63) is 29.8 Å². The molecule has 7 nitrogen and oxygen atoms in total. The van der Waals surface area contributed by atoms with Crippen LogP contribution >= 0.6 is 22.6 Å². The fourth-order valence-corrected chi connectivity index (χ4v) is 2.21. The predicted molar refractivity (Wildman–Crippen MR) is 87.2 cm³/mol. The van der Waals surface area contributed by atoms with Gasteiger partial charge in [0, 0.05) is 0 Å². The van der Waals surface area contributed by atoms with Crippen LogP contribution < -0.4 is 4.74 Å². The van der Waals surface area contributed by atoms with E-state index in [1.54, 1.807) is 6.92 Å². The first kappa shape index (κ1) is 21.6. The van der Waals surface area contributed by atoms with Crippen LogP contribution in [-0.2, 0) is 19.6 Å². The van der Waals surface area contributed by atoms with Crippen molar-refractivity contribution in [2.24, 2.45) is 0 Å². The molecule has 1 rings (SSSR count). The fraction of sp³-hybridized carbons (Fsp3) is 0.385. The predicted octanol–water partition coefficient (Wildman–Crippen LogP) is 2.39. The SMILES string of the molecule is CC(I)C(=O)Oc1ccc(C(=O)OC(CS(=O)(=O)O)C(F)(F)F)cc1. The number of carbonyl (C=O) groups is 2. The van der Waals surface area contributed by atoms with Crippen molar-refractivity contribution in [1.29, 1.82) is 0 Å². The van der Waals surface area contributed by atoms with Gasteiger partial charge in [-0.1, -0.05) is 22.6 Å². The Kier molecular flexibility index (Phi) is 7.19. The van der Waals surface area contributed by atoms with E-state index in [9.17, 15) is 31.2 Å². The van der Waals surface area contributed by atoms with Crippen LogP contribution in [0.3, 0.4) is 0 Å². The summed E-state index contributed by atoms with van der Waals surface area (Å²) in [6, 6.07) is 4.42. The molecule has 0 saturated carbocycles. The Labute approximate surface area is 154 Å². The van der Waals surface area contributed by atoms with Gasteiger partial charge in [-0.25, -0.2) is 4.79 Å². The van der Waals surface area contributed by atoms with Gasteiger partial charge in [-0.2, -0.15) is 21.6 Å². The maximum absolute atomic E-state index is 12.7. The number of rotatable bonds is 6. The number of hydrogen-bond acceptors (Lipinski definition) is 6. The van der Waals surface area contributed by atoms with Gasteiger partial charge in [0.05, 0.1) is 5.56 Å². The summed E-state index contributed by atoms with van der Waals surface area (Å²) in [4.78, 5) is 23.1. The number of benzene rings is 1. The molecular formula is C13H12F3IO7S. The number of alkyl halides is 4. The van der Waals surface area contributed by atoms with Gasteiger partial charge in [0.1, 0.15) is 15.4 Å². The zero-order valence-electron chi connectivity index (χ0n) is 12.5. The quantitative estimate of drug-likeness (QED) is 0.212. The highest BCUT2D eigenvalue weighted by Gasteiger charge is 2.45. The van der Waals surface area contributed by atoms with Crippen LogP contribution in [0.1, 0.15) is 17.3 Å². The van der Waals surface area contributed by atoms with Gasteiger partial charge in [-0.3, -0.25) is 9.35 Å². The lowest BCUT2D eigenvalue weighted by atomic mass is 10.2. The molecule has 25 heavy (non-hydrogen) atoms. The van der Waals surface area contributed by atoms with Crippen LogP contribution in [0.4, 0.5) is 13.2 Å². The van der Waals surface area contributed by atoms with E-state index in [-0.39, 0.29) is 11.3 Å². The van der Waals surface area contributed by atoms with E-state index < -0.39 is 44.0 Å². The zero-order chi connectivity index (χ0) is 19.4. The van der Waals surface area contributed by atoms with Crippen molar-refractivity contribution >= 4 is 44.6 Å². The molecular weight excluding hydrogens is 484 g/mol. The van der Waals surface area contributed by atoms with Crippen molar-refractivity contribution < 1.29 is 45.2 Å². The molecule has 0 fully saturated rings. The van der Waals surface area contributed by atoms with Gasteiger partial charge in [0.25, 0.3) is 10.1 Å². The topological polar surface area (TPSA) is 107 Å². The summed E-state index contributed by atoms with van der Waals surface area (Å²) >= 11 is 1.82. The highest BCUT2D eigenvalue weighted by Crippen LogP contribution is 2.25. The van der Waals surface area contributed by atoms with Crippen LogP contribution in [0.5, 0.6) is 5.75 Å². The summed E-state index contributed by atoms with van der Waals surface area (Å²) in [6.45, 7) is 1.58. The van der Waals surface area contributed by atoms with E-state index in [4.69, 9.17) is 9.29 Å². The van der Waals surface area contributed by atoms with E-state index >= 15 is 0 Å². The fourth-order valence-electron chi connectivity index (χ4n) is 1.44. The van der Waals surface area contributed by atoms with Crippen molar-refractivity contribution in [1.82, 2.24) is 0 Å². The Morgan fingerprint density at radius 2 is 1.76 bits per heavy atom. The second-order valence-electron chi connectivity index (χ2n) is 4.75. The summed E-state index contributed by atoms with van der Waals surface area (Å²) in [6.07, 6.45) is -8.20. The Hall–Kier alpha value is -1.41. The summed E-state index contributed by atoms with van der Waals surface area (Å²) in [5.74, 6) is -3.76. The van der Waals surface area contributed by atoms with Gasteiger partial charge in [0.2, 0.25) is 6.10 Å². The molecule has 0 aliphatic rings. The number of carbonyl (C=O) groups excluding carboxylic acids is 2. The first-order chi connectivity index (χ1) is 11.3. The molecule has 0 saturated heterocycles. The second-order valence-corrected chi connectivity index (χ2v) is 8.11. The van der Waals surface area contributed by atoms with Crippen LogP contribution in [0.15, 0.2) is 24.3 Å². The minimum absolute atomic E-state index is 0.0652. The van der Waals surface area contributed by atoms with Gasteiger partial charge >= 0.3 is 18.1 Å². The monoisotopic (exact) mass is 496 g/mol. The van der Waals surface area contributed by atoms with E-state index in [1.165, 1.54) is 12.1 Å². The van der Waals surface area contributed by atoms with Crippen LogP contribution in [0.2, 0.25) is 0 Å². The molecule has 0 radical (unpaired) electrons. The molecule has 0 bridgehead atoms. The number of halogens is 4. The minimum Gasteiger partial charge on any atom is -0.448 e. The van der Waals surface area contributed by atoms with Gasteiger partial charge in [0.15, 0.2) is 0 Å². The molecule has 0 amide bonds. The molecule has 1 N–H and O–H groups in total. The highest BCUT2D eigenvalue weighted by atomic mass is 127. The van der Waals surface area contributed by atoms with Crippen LogP contribution in [0, 0.1) is 0 Å². The third-order valence-electron chi connectivity index (χ3n) is 2.61. The van der Waals surface area contributed by atoms with Gasteiger partial charge < -0.3 is 9.47 Å². The molecule has 0 heterocycles. The van der Waals surface area contributed by atoms with Gasteiger partial charge in [-0.15, -0.1) is 0 Å². The highest BCUT2D eigenvalue weighted by molar-refractivity contribution is 14.1. The summed E-state index contributed by atoms with van der Waals surface area (Å²) in [5, 5.41) is 0. The third-order valence-corrected chi connectivity index (χ3v) is 3.84. The largest absolute Gasteiger partial charge is 0.448 e. The molecule has 0 aliphatic heterocycles. The average molecular weight is 496 g/mol. The zero-order valence-corrected chi connectivity index (χ0v) is 15.5. The molecule has 12 heteroatoms. The lowest BCUT2D eigenvalue weighted by Gasteiger charge is -2.19. The van der Waals surface area contributed by atoms with E-state index in [1.807, 2.05) is 22.6 Å². The Morgan fingerprint density at radius 1 is 1.24 bits per heavy atom. The summed E-state index contributed by atoms with van der Waals surface area (Å²) in [5.41, 5.74) is -0.327. The Balaban J connectivity index is 2.86. The smallest absolute Gasteiger partial charge is 0.426 e. The molecule has 140 valence electrons. The average Bonchev–Trinajstić information content (AvgIpc) is 2.44. The van der Waals surface area contributed by atoms with Crippen molar-refractivity contribution in [2.45, 2.75) is 23.1 Å². The molecule has 0 aromatic heterocycles. The van der Waals surface area contributed by atoms with E-state index in [2.05, 4.69) is 4.74 Å². The first-order valence-electron chi connectivity index (χ1n) is 6.48. The Bertz CT molecular complexity index is 729. The number of hydrogen-bond donors (Lipinski definition) is 1. The number of esters is 2. The molecule has 2 atom stereocenters. The summed E-state index contributed by atoms with van der Waals surface area (Å²) in [7, 11) is -5.02. The first-order valence-corrected chi connectivity index (χ1v) is 9.34. The minimum atomic E-state index is -5.18. The van der Waals surface area contributed by atoms with Gasteiger partial charge in [-0.05, 0) is 31.2 Å². The number of ether oxygens (including phenoxy) is 2. The lowest BCUT2D eigenvalue weighted by molar-refractivity contribution is -0.197. The maximum atomic E-state index is 12.7. The van der Waals surface area contributed by atoms with E-state index in [0.29, 0.717) is 0 Å². The second kappa shape index (κ2) is 8.31. The molecule has 1 aromatic rings. The molecule has 2 unspecified atom stereocenters. The molecule has 0 aliphatic carbocycles. The van der Waals surface area contributed by atoms with Crippen molar-refractivity contribution in [3.63, 3.8) is 0 Å². The molecule has 1 aromatic carbocycles. The lowest BCUT2D eigenvalue weighted by Crippen LogP contribution is -2.39. The molecule has 0 spiro atoms. The maximum Gasteiger partial charge on any atom is 0.426 e. The van der Waals surface area contributed by atoms with E-state index in [0.717, 1.165) is 12.1 Å². The van der Waals surface area contributed by atoms with Crippen LogP contribution in [0.25, 0.3) is 0 Å². The van der Waals surface area contributed by atoms with Crippen molar-refractivity contribution in [2.75, 3.05) is 5.75 Å². The normalized spacial score (nSPS) is 14.5. The van der Waals surface area contributed by atoms with Crippen LogP contribution in [-0.4, -0.2) is 46.9 Å². The summed E-state index contributed by atoms with van der Waals surface area (Å²) < 4.78 is 76.5.